The number of rotatable bonds is 3. The van der Waals surface area contributed by atoms with E-state index in [1.165, 1.54) is 0 Å². The second-order valence-electron chi connectivity index (χ2n) is 4.40. The van der Waals surface area contributed by atoms with E-state index in [2.05, 4.69) is 15.0 Å². The number of aromatic nitrogens is 1. The molecule has 1 aromatic rings. The minimum absolute atomic E-state index is 0.222. The molecule has 0 aliphatic carbocycles. The molecule has 5 nitrogen and oxygen atoms in total. The highest BCUT2D eigenvalue weighted by Crippen LogP contribution is 2.18. The molecule has 0 atom stereocenters. The van der Waals surface area contributed by atoms with Crippen molar-refractivity contribution < 1.29 is 5.21 Å². The number of likely N-dealkylation sites (tertiary alicyclic amines) is 1. The smallest absolute Gasteiger partial charge is 0.142 e. The molecule has 0 bridgehead atoms. The number of piperidine rings is 1. The van der Waals surface area contributed by atoms with Gasteiger partial charge >= 0.3 is 0 Å². The van der Waals surface area contributed by atoms with Crippen LogP contribution in [-0.2, 0) is 6.54 Å². The molecule has 5 heteroatoms. The van der Waals surface area contributed by atoms with Crippen molar-refractivity contribution in [2.24, 2.45) is 16.8 Å². The zero-order valence-electron chi connectivity index (χ0n) is 9.79. The molecule has 92 valence electrons. The Bertz CT molecular complexity index is 371. The van der Waals surface area contributed by atoms with E-state index in [0.29, 0.717) is 5.84 Å². The second kappa shape index (κ2) is 5.63. The first-order valence-electron chi connectivity index (χ1n) is 5.89. The van der Waals surface area contributed by atoms with Gasteiger partial charge in [0.05, 0.1) is 5.69 Å². The van der Waals surface area contributed by atoms with E-state index >= 15 is 0 Å². The number of nitrogens with two attached hydrogens (primary N) is 1. The Hall–Kier alpha value is -1.62. The van der Waals surface area contributed by atoms with Gasteiger partial charge in [0.2, 0.25) is 0 Å². The topological polar surface area (TPSA) is 74.7 Å². The Labute approximate surface area is 101 Å². The van der Waals surface area contributed by atoms with Crippen molar-refractivity contribution in [2.75, 3.05) is 13.1 Å². The van der Waals surface area contributed by atoms with Gasteiger partial charge in [-0.3, -0.25) is 9.88 Å². The fourth-order valence-electron chi connectivity index (χ4n) is 2.19. The molecule has 2 heterocycles. The van der Waals surface area contributed by atoms with Gasteiger partial charge in [-0.05, 0) is 38.1 Å². The Morgan fingerprint density at radius 1 is 1.47 bits per heavy atom. The first-order valence-corrected chi connectivity index (χ1v) is 5.89. The zero-order chi connectivity index (χ0) is 12.1. The molecule has 0 radical (unpaired) electrons. The van der Waals surface area contributed by atoms with E-state index in [4.69, 9.17) is 10.9 Å². The second-order valence-corrected chi connectivity index (χ2v) is 4.40. The quantitative estimate of drug-likeness (QED) is 0.355. The van der Waals surface area contributed by atoms with Crippen LogP contribution in [0.1, 0.15) is 18.5 Å². The highest BCUT2D eigenvalue weighted by molar-refractivity contribution is 5.82. The van der Waals surface area contributed by atoms with Crippen LogP contribution >= 0.6 is 0 Å². The molecule has 1 aliphatic heterocycles. The van der Waals surface area contributed by atoms with Crippen molar-refractivity contribution in [1.82, 2.24) is 9.88 Å². The maximum Gasteiger partial charge on any atom is 0.142 e. The van der Waals surface area contributed by atoms with Crippen molar-refractivity contribution in [3.63, 3.8) is 0 Å². The van der Waals surface area contributed by atoms with E-state index in [1.54, 1.807) is 0 Å². The van der Waals surface area contributed by atoms with Crippen LogP contribution in [0.15, 0.2) is 29.6 Å². The number of amidine groups is 1. The first-order chi connectivity index (χ1) is 8.29. The fraction of sp³-hybridized carbons (Fsp3) is 0.500. The van der Waals surface area contributed by atoms with Crippen LogP contribution in [0.25, 0.3) is 0 Å². The molecule has 1 aromatic heterocycles. The number of nitrogens with zero attached hydrogens (tertiary/aromatic N) is 3. The highest BCUT2D eigenvalue weighted by Gasteiger charge is 2.22. The molecule has 3 N–H and O–H groups in total. The molecular formula is C12H18N4O. The molecule has 0 saturated carbocycles. The average Bonchev–Trinajstić information content (AvgIpc) is 2.40. The summed E-state index contributed by atoms with van der Waals surface area (Å²) in [5, 5.41) is 11.7. The summed E-state index contributed by atoms with van der Waals surface area (Å²) in [4.78, 5) is 6.66. The van der Waals surface area contributed by atoms with Crippen molar-refractivity contribution in [2.45, 2.75) is 19.4 Å². The maximum atomic E-state index is 8.63. The van der Waals surface area contributed by atoms with Crippen molar-refractivity contribution >= 4 is 5.84 Å². The third-order valence-electron chi connectivity index (χ3n) is 3.23. The van der Waals surface area contributed by atoms with E-state index in [-0.39, 0.29) is 5.92 Å². The molecule has 0 spiro atoms. The van der Waals surface area contributed by atoms with Gasteiger partial charge in [0, 0.05) is 18.7 Å². The Morgan fingerprint density at radius 2 is 2.24 bits per heavy atom. The summed E-state index contributed by atoms with van der Waals surface area (Å²) in [6.07, 6.45) is 3.71. The van der Waals surface area contributed by atoms with Gasteiger partial charge in [-0.15, -0.1) is 0 Å². The fourth-order valence-corrected chi connectivity index (χ4v) is 2.19. The minimum atomic E-state index is 0.222. The Balaban J connectivity index is 1.84. The minimum Gasteiger partial charge on any atom is -0.409 e. The first kappa shape index (κ1) is 11.9. The molecule has 1 aliphatic rings. The van der Waals surface area contributed by atoms with Gasteiger partial charge < -0.3 is 10.9 Å². The molecule has 1 fully saturated rings. The van der Waals surface area contributed by atoms with E-state index < -0.39 is 0 Å². The summed E-state index contributed by atoms with van der Waals surface area (Å²) < 4.78 is 0. The van der Waals surface area contributed by atoms with Crippen LogP contribution in [0.5, 0.6) is 0 Å². The van der Waals surface area contributed by atoms with Crippen molar-refractivity contribution in [3.05, 3.63) is 30.1 Å². The summed E-state index contributed by atoms with van der Waals surface area (Å²) in [5.41, 5.74) is 6.71. The monoisotopic (exact) mass is 234 g/mol. The molecule has 0 amide bonds. The van der Waals surface area contributed by atoms with Gasteiger partial charge in [0.15, 0.2) is 0 Å². The van der Waals surface area contributed by atoms with Crippen molar-refractivity contribution in [1.29, 1.82) is 0 Å². The van der Waals surface area contributed by atoms with Crippen LogP contribution in [0.4, 0.5) is 0 Å². The van der Waals surface area contributed by atoms with Crippen molar-refractivity contribution in [3.8, 4) is 0 Å². The van der Waals surface area contributed by atoms with Gasteiger partial charge in [-0.1, -0.05) is 11.2 Å². The molecule has 0 unspecified atom stereocenters. The third-order valence-corrected chi connectivity index (χ3v) is 3.23. The van der Waals surface area contributed by atoms with Gasteiger partial charge in [-0.2, -0.15) is 0 Å². The van der Waals surface area contributed by atoms with Crippen LogP contribution < -0.4 is 5.73 Å². The predicted molar refractivity (Wildman–Crippen MR) is 65.6 cm³/mol. The van der Waals surface area contributed by atoms with Crippen LogP contribution in [0.3, 0.4) is 0 Å². The lowest BCUT2D eigenvalue weighted by Gasteiger charge is -2.30. The summed E-state index contributed by atoms with van der Waals surface area (Å²) in [6, 6.07) is 5.97. The lowest BCUT2D eigenvalue weighted by atomic mass is 9.96. The molecular weight excluding hydrogens is 216 g/mol. The molecule has 1 saturated heterocycles. The Kier molecular flexibility index (Phi) is 3.93. The number of hydrogen-bond donors (Lipinski definition) is 2. The van der Waals surface area contributed by atoms with Crippen LogP contribution in [0.2, 0.25) is 0 Å². The lowest BCUT2D eigenvalue weighted by Crippen LogP contribution is -2.38. The summed E-state index contributed by atoms with van der Waals surface area (Å²) >= 11 is 0. The van der Waals surface area contributed by atoms with Crippen LogP contribution in [-0.4, -0.2) is 34.0 Å². The van der Waals surface area contributed by atoms with E-state index in [0.717, 1.165) is 38.2 Å². The zero-order valence-corrected chi connectivity index (χ0v) is 9.79. The summed E-state index contributed by atoms with van der Waals surface area (Å²) in [6.45, 7) is 2.82. The molecule has 0 aromatic carbocycles. The van der Waals surface area contributed by atoms with E-state index in [9.17, 15) is 0 Å². The summed E-state index contributed by atoms with van der Waals surface area (Å²) in [5.74, 6) is 0.586. The van der Waals surface area contributed by atoms with Gasteiger partial charge in [0.25, 0.3) is 0 Å². The largest absolute Gasteiger partial charge is 0.409 e. The van der Waals surface area contributed by atoms with E-state index in [1.807, 2.05) is 24.4 Å². The number of pyridine rings is 1. The maximum absolute atomic E-state index is 8.63. The Morgan fingerprint density at radius 3 is 2.82 bits per heavy atom. The standard InChI is InChI=1S/C12H18N4O/c13-12(15-17)10-4-7-16(8-5-10)9-11-3-1-2-6-14-11/h1-3,6,10,17H,4-5,7-9H2,(H2,13,15). The number of hydrogen-bond acceptors (Lipinski definition) is 4. The normalized spacial score (nSPS) is 19.4. The summed E-state index contributed by atoms with van der Waals surface area (Å²) in [7, 11) is 0. The SMILES string of the molecule is NC(=NO)C1CCN(Cc2ccccn2)CC1. The average molecular weight is 234 g/mol. The molecule has 2 rings (SSSR count). The number of oxime groups is 1. The van der Waals surface area contributed by atoms with Gasteiger partial charge in [0.1, 0.15) is 5.84 Å². The van der Waals surface area contributed by atoms with Crippen LogP contribution in [0, 0.1) is 5.92 Å². The highest BCUT2D eigenvalue weighted by atomic mass is 16.4. The molecule has 17 heavy (non-hydrogen) atoms. The van der Waals surface area contributed by atoms with Gasteiger partial charge in [-0.25, -0.2) is 0 Å². The predicted octanol–water partition coefficient (Wildman–Crippen LogP) is 1.04. The lowest BCUT2D eigenvalue weighted by molar-refractivity contribution is 0.196. The third kappa shape index (κ3) is 3.17.